The van der Waals surface area contributed by atoms with Gasteiger partial charge in [-0.1, -0.05) is 29.8 Å². The first-order valence-corrected chi connectivity index (χ1v) is 6.70. The zero-order chi connectivity index (χ0) is 13.4. The lowest BCUT2D eigenvalue weighted by Gasteiger charge is -2.06. The summed E-state index contributed by atoms with van der Waals surface area (Å²) in [6.07, 6.45) is 0. The maximum absolute atomic E-state index is 13.8. The second kappa shape index (κ2) is 4.87. The highest BCUT2D eigenvalue weighted by Crippen LogP contribution is 2.29. The van der Waals surface area contributed by atoms with E-state index in [1.54, 1.807) is 18.2 Å². The zero-order valence-corrected chi connectivity index (χ0v) is 11.9. The summed E-state index contributed by atoms with van der Waals surface area (Å²) in [5, 5.41) is 1.04. The van der Waals surface area contributed by atoms with Crippen LogP contribution in [0.15, 0.2) is 46.9 Å². The van der Waals surface area contributed by atoms with Crippen molar-refractivity contribution in [1.82, 2.24) is 9.97 Å². The van der Waals surface area contributed by atoms with Gasteiger partial charge in [-0.05, 0) is 40.2 Å². The molecule has 0 aliphatic carbocycles. The Bertz CT molecular complexity index is 776. The molecule has 0 spiro atoms. The molecule has 0 bridgehead atoms. The standard InChI is InChI=1S/C14H7BrClFN2/c15-10-6-3-5-9-12(10)18-14(19-13(9)16)8-4-1-2-7-11(8)17/h1-7H. The molecule has 94 valence electrons. The van der Waals surface area contributed by atoms with Crippen LogP contribution in [-0.4, -0.2) is 9.97 Å². The van der Waals surface area contributed by atoms with Gasteiger partial charge in [-0.15, -0.1) is 0 Å². The summed E-state index contributed by atoms with van der Waals surface area (Å²) >= 11 is 9.56. The summed E-state index contributed by atoms with van der Waals surface area (Å²) in [4.78, 5) is 8.55. The minimum atomic E-state index is -0.370. The summed E-state index contributed by atoms with van der Waals surface area (Å²) in [5.41, 5.74) is 1.00. The van der Waals surface area contributed by atoms with Crippen molar-refractivity contribution in [2.45, 2.75) is 0 Å². The van der Waals surface area contributed by atoms with E-state index in [1.165, 1.54) is 6.07 Å². The number of fused-ring (bicyclic) bond motifs is 1. The van der Waals surface area contributed by atoms with Crippen LogP contribution in [0, 0.1) is 5.82 Å². The second-order valence-electron chi connectivity index (χ2n) is 3.95. The third kappa shape index (κ3) is 2.22. The molecule has 2 aromatic carbocycles. The number of hydrogen-bond acceptors (Lipinski definition) is 2. The van der Waals surface area contributed by atoms with E-state index in [0.717, 1.165) is 9.86 Å². The molecule has 0 saturated carbocycles. The molecule has 5 heteroatoms. The molecule has 1 heterocycles. The number of para-hydroxylation sites is 1. The molecule has 0 amide bonds. The molecule has 19 heavy (non-hydrogen) atoms. The van der Waals surface area contributed by atoms with Gasteiger partial charge in [-0.25, -0.2) is 14.4 Å². The van der Waals surface area contributed by atoms with Crippen molar-refractivity contribution in [2.75, 3.05) is 0 Å². The van der Waals surface area contributed by atoms with Gasteiger partial charge >= 0.3 is 0 Å². The van der Waals surface area contributed by atoms with Gasteiger partial charge in [-0.3, -0.25) is 0 Å². The molecule has 0 fully saturated rings. The molecular formula is C14H7BrClFN2. The Balaban J connectivity index is 2.33. The molecule has 0 N–H and O–H groups in total. The van der Waals surface area contributed by atoms with Crippen LogP contribution >= 0.6 is 27.5 Å². The van der Waals surface area contributed by atoms with Gasteiger partial charge in [-0.2, -0.15) is 0 Å². The minimum absolute atomic E-state index is 0.280. The predicted molar refractivity (Wildman–Crippen MR) is 77.6 cm³/mol. The van der Waals surface area contributed by atoms with Crippen molar-refractivity contribution in [2.24, 2.45) is 0 Å². The smallest absolute Gasteiger partial charge is 0.164 e. The van der Waals surface area contributed by atoms with Gasteiger partial charge in [0.25, 0.3) is 0 Å². The Morgan fingerprint density at radius 2 is 1.79 bits per heavy atom. The van der Waals surface area contributed by atoms with E-state index in [9.17, 15) is 4.39 Å². The van der Waals surface area contributed by atoms with E-state index in [-0.39, 0.29) is 11.6 Å². The van der Waals surface area contributed by atoms with E-state index in [2.05, 4.69) is 25.9 Å². The predicted octanol–water partition coefficient (Wildman–Crippen LogP) is 4.85. The second-order valence-corrected chi connectivity index (χ2v) is 5.17. The Hall–Kier alpha value is -1.52. The number of nitrogens with zero attached hydrogens (tertiary/aromatic N) is 2. The van der Waals surface area contributed by atoms with Crippen molar-refractivity contribution in [3.63, 3.8) is 0 Å². The van der Waals surface area contributed by atoms with Crippen LogP contribution in [0.1, 0.15) is 0 Å². The number of hydrogen-bond donors (Lipinski definition) is 0. The van der Waals surface area contributed by atoms with Crippen LogP contribution in [0.4, 0.5) is 4.39 Å². The van der Waals surface area contributed by atoms with E-state index in [0.29, 0.717) is 16.2 Å². The monoisotopic (exact) mass is 336 g/mol. The fraction of sp³-hybridized carbons (Fsp3) is 0. The average Bonchev–Trinajstić information content (AvgIpc) is 2.40. The van der Waals surface area contributed by atoms with Crippen LogP contribution in [-0.2, 0) is 0 Å². The van der Waals surface area contributed by atoms with E-state index in [4.69, 9.17) is 11.6 Å². The molecule has 0 radical (unpaired) electrons. The maximum Gasteiger partial charge on any atom is 0.164 e. The normalized spacial score (nSPS) is 10.9. The van der Waals surface area contributed by atoms with Gasteiger partial charge in [0.05, 0.1) is 11.1 Å². The van der Waals surface area contributed by atoms with Crippen LogP contribution in [0.25, 0.3) is 22.3 Å². The molecule has 0 unspecified atom stereocenters. The molecule has 3 rings (SSSR count). The van der Waals surface area contributed by atoms with Crippen molar-refractivity contribution >= 4 is 38.4 Å². The van der Waals surface area contributed by atoms with Gasteiger partial charge < -0.3 is 0 Å². The number of aromatic nitrogens is 2. The van der Waals surface area contributed by atoms with E-state index in [1.807, 2.05) is 18.2 Å². The topological polar surface area (TPSA) is 25.8 Å². The van der Waals surface area contributed by atoms with Crippen LogP contribution in [0.3, 0.4) is 0 Å². The molecule has 3 aromatic rings. The lowest BCUT2D eigenvalue weighted by atomic mass is 10.2. The van der Waals surface area contributed by atoms with Gasteiger partial charge in [0.15, 0.2) is 5.82 Å². The lowest BCUT2D eigenvalue weighted by Crippen LogP contribution is -1.94. The Morgan fingerprint density at radius 1 is 1.00 bits per heavy atom. The molecule has 0 aliphatic rings. The minimum Gasteiger partial charge on any atom is -0.227 e. The fourth-order valence-electron chi connectivity index (χ4n) is 1.84. The third-order valence-corrected chi connectivity index (χ3v) is 3.67. The van der Waals surface area contributed by atoms with Crippen molar-refractivity contribution in [3.8, 4) is 11.4 Å². The number of halogens is 3. The summed E-state index contributed by atoms with van der Waals surface area (Å²) in [6.45, 7) is 0. The molecule has 2 nitrogen and oxygen atoms in total. The molecule has 0 saturated heterocycles. The summed E-state index contributed by atoms with van der Waals surface area (Å²) in [7, 11) is 0. The Labute approximate surface area is 122 Å². The first-order valence-electron chi connectivity index (χ1n) is 5.53. The fourth-order valence-corrected chi connectivity index (χ4v) is 2.53. The van der Waals surface area contributed by atoms with Crippen molar-refractivity contribution in [3.05, 3.63) is 57.9 Å². The number of benzene rings is 2. The average molecular weight is 338 g/mol. The quantitative estimate of drug-likeness (QED) is 0.593. The SMILES string of the molecule is Fc1ccccc1-c1nc(Cl)c2cccc(Br)c2n1. The highest BCUT2D eigenvalue weighted by atomic mass is 79.9. The highest BCUT2D eigenvalue weighted by molar-refractivity contribution is 9.10. The molecule has 1 aromatic heterocycles. The summed E-state index contributed by atoms with van der Waals surface area (Å²) in [6, 6.07) is 11.9. The largest absolute Gasteiger partial charge is 0.227 e. The maximum atomic E-state index is 13.8. The molecule has 0 atom stereocenters. The zero-order valence-electron chi connectivity index (χ0n) is 9.57. The summed E-state index contributed by atoms with van der Waals surface area (Å²) < 4.78 is 14.6. The Morgan fingerprint density at radius 3 is 2.58 bits per heavy atom. The van der Waals surface area contributed by atoms with Crippen LogP contribution in [0.5, 0.6) is 0 Å². The van der Waals surface area contributed by atoms with Gasteiger partial charge in [0.2, 0.25) is 0 Å². The van der Waals surface area contributed by atoms with E-state index < -0.39 is 0 Å². The Kier molecular flexibility index (Phi) is 3.21. The van der Waals surface area contributed by atoms with Crippen molar-refractivity contribution in [1.29, 1.82) is 0 Å². The lowest BCUT2D eigenvalue weighted by molar-refractivity contribution is 0.630. The summed E-state index contributed by atoms with van der Waals surface area (Å²) in [5.74, 6) is -0.0903. The molecular weight excluding hydrogens is 331 g/mol. The first kappa shape index (κ1) is 12.5. The first-order chi connectivity index (χ1) is 9.16. The van der Waals surface area contributed by atoms with E-state index >= 15 is 0 Å². The number of rotatable bonds is 1. The molecule has 0 aliphatic heterocycles. The van der Waals surface area contributed by atoms with Gasteiger partial charge in [0, 0.05) is 9.86 Å². The van der Waals surface area contributed by atoms with Crippen LogP contribution < -0.4 is 0 Å². The highest BCUT2D eigenvalue weighted by Gasteiger charge is 2.12. The van der Waals surface area contributed by atoms with Crippen LogP contribution in [0.2, 0.25) is 5.15 Å². The van der Waals surface area contributed by atoms with Gasteiger partial charge in [0.1, 0.15) is 11.0 Å². The third-order valence-electron chi connectivity index (χ3n) is 2.75. The van der Waals surface area contributed by atoms with Crippen molar-refractivity contribution < 1.29 is 4.39 Å².